The molecule has 112 valence electrons. The van der Waals surface area contributed by atoms with Crippen LogP contribution in [0.1, 0.15) is 24.0 Å². The van der Waals surface area contributed by atoms with Crippen LogP contribution in [-0.2, 0) is 16.8 Å². The average Bonchev–Trinajstić information content (AvgIpc) is 3.18. The molecule has 2 aliphatic rings. The van der Waals surface area contributed by atoms with E-state index in [0.717, 1.165) is 24.1 Å². The third-order valence-electron chi connectivity index (χ3n) is 4.58. The highest BCUT2D eigenvalue weighted by Gasteiger charge is 2.46. The van der Waals surface area contributed by atoms with Gasteiger partial charge in [-0.1, -0.05) is 41.9 Å². The highest BCUT2D eigenvalue weighted by Crippen LogP contribution is 2.45. The molecule has 0 spiro atoms. The average molecular weight is 313 g/mol. The van der Waals surface area contributed by atoms with E-state index in [1.165, 1.54) is 5.56 Å². The minimum Gasteiger partial charge on any atom is -0.373 e. The van der Waals surface area contributed by atoms with Crippen LogP contribution in [0, 0.1) is 0 Å². The molecule has 1 heterocycles. The van der Waals surface area contributed by atoms with Crippen LogP contribution in [0.15, 0.2) is 48.5 Å². The molecule has 1 aliphatic carbocycles. The van der Waals surface area contributed by atoms with Crippen LogP contribution in [0.4, 0.5) is 5.69 Å². The summed E-state index contributed by atoms with van der Waals surface area (Å²) < 4.78 is 0. The smallest absolute Gasteiger partial charge is 0.243 e. The summed E-state index contributed by atoms with van der Waals surface area (Å²) >= 11 is 6.02. The van der Waals surface area contributed by atoms with Crippen molar-refractivity contribution in [2.24, 2.45) is 0 Å². The number of rotatable bonds is 3. The molecule has 1 amide bonds. The molecule has 0 radical (unpaired) electrons. The third-order valence-corrected chi connectivity index (χ3v) is 4.81. The van der Waals surface area contributed by atoms with Gasteiger partial charge in [-0.3, -0.25) is 4.79 Å². The van der Waals surface area contributed by atoms with Crippen molar-refractivity contribution in [2.75, 3.05) is 5.32 Å². The fraction of sp³-hybridized carbons (Fsp3) is 0.278. The fourth-order valence-electron chi connectivity index (χ4n) is 3.18. The van der Waals surface area contributed by atoms with E-state index in [4.69, 9.17) is 11.6 Å². The van der Waals surface area contributed by atoms with Gasteiger partial charge in [0.2, 0.25) is 5.91 Å². The summed E-state index contributed by atoms with van der Waals surface area (Å²) in [6, 6.07) is 15.7. The molecule has 22 heavy (non-hydrogen) atoms. The standard InChI is InChI=1S/C18H17ClN2O/c19-14-6-7-15-12(10-14)11-16(20-15)17(22)21-18(8-9-18)13-4-2-1-3-5-13/h1-7,10,16,20H,8-9,11H2,(H,21,22). The zero-order valence-electron chi connectivity index (χ0n) is 12.1. The summed E-state index contributed by atoms with van der Waals surface area (Å²) in [5.41, 5.74) is 3.15. The Labute approximate surface area is 134 Å². The zero-order valence-corrected chi connectivity index (χ0v) is 12.9. The van der Waals surface area contributed by atoms with Crippen LogP contribution in [0.3, 0.4) is 0 Å². The second-order valence-corrected chi connectivity index (χ2v) is 6.58. The van der Waals surface area contributed by atoms with Gasteiger partial charge in [-0.2, -0.15) is 0 Å². The van der Waals surface area contributed by atoms with Crippen molar-refractivity contribution in [1.29, 1.82) is 0 Å². The molecule has 1 unspecified atom stereocenters. The first kappa shape index (κ1) is 13.6. The first-order valence-corrected chi connectivity index (χ1v) is 7.97. The van der Waals surface area contributed by atoms with Crippen molar-refractivity contribution in [3.8, 4) is 0 Å². The van der Waals surface area contributed by atoms with E-state index < -0.39 is 0 Å². The molecule has 2 aromatic carbocycles. The largest absolute Gasteiger partial charge is 0.373 e. The number of carbonyl (C=O) groups excluding carboxylic acids is 1. The molecule has 1 saturated carbocycles. The maximum atomic E-state index is 12.6. The third kappa shape index (κ3) is 2.35. The Morgan fingerprint density at radius 2 is 1.95 bits per heavy atom. The summed E-state index contributed by atoms with van der Waals surface area (Å²) in [5, 5.41) is 7.25. The Kier molecular flexibility index (Phi) is 3.12. The topological polar surface area (TPSA) is 41.1 Å². The molecule has 2 aromatic rings. The molecular formula is C18H17ClN2O. The Morgan fingerprint density at radius 3 is 2.68 bits per heavy atom. The molecule has 4 rings (SSSR count). The van der Waals surface area contributed by atoms with Gasteiger partial charge in [-0.25, -0.2) is 0 Å². The maximum absolute atomic E-state index is 12.6. The molecule has 0 saturated heterocycles. The molecule has 0 bridgehead atoms. The summed E-state index contributed by atoms with van der Waals surface area (Å²) in [6.07, 6.45) is 2.70. The van der Waals surface area contributed by atoms with Gasteiger partial charge in [-0.05, 0) is 42.2 Å². The summed E-state index contributed by atoms with van der Waals surface area (Å²) in [5.74, 6) is 0.0636. The van der Waals surface area contributed by atoms with Crippen molar-refractivity contribution < 1.29 is 4.79 Å². The predicted molar refractivity (Wildman–Crippen MR) is 88.1 cm³/mol. The normalized spacial score (nSPS) is 20.9. The zero-order chi connectivity index (χ0) is 15.2. The second-order valence-electron chi connectivity index (χ2n) is 6.14. The van der Waals surface area contributed by atoms with E-state index in [1.807, 2.05) is 36.4 Å². The Balaban J connectivity index is 1.48. The van der Waals surface area contributed by atoms with Crippen LogP contribution in [0.25, 0.3) is 0 Å². The molecule has 4 heteroatoms. The fourth-order valence-corrected chi connectivity index (χ4v) is 3.37. The van der Waals surface area contributed by atoms with E-state index in [0.29, 0.717) is 11.4 Å². The van der Waals surface area contributed by atoms with Crippen LogP contribution in [0.5, 0.6) is 0 Å². The van der Waals surface area contributed by atoms with Crippen molar-refractivity contribution >= 4 is 23.2 Å². The van der Waals surface area contributed by atoms with Gasteiger partial charge in [0.25, 0.3) is 0 Å². The van der Waals surface area contributed by atoms with E-state index in [-0.39, 0.29) is 17.5 Å². The van der Waals surface area contributed by atoms with E-state index in [1.54, 1.807) is 0 Å². The van der Waals surface area contributed by atoms with Crippen LogP contribution in [-0.4, -0.2) is 11.9 Å². The summed E-state index contributed by atoms with van der Waals surface area (Å²) in [7, 11) is 0. The Hall–Kier alpha value is -2.00. The number of halogens is 1. The number of hydrogen-bond donors (Lipinski definition) is 2. The predicted octanol–water partition coefficient (Wildman–Crippen LogP) is 3.48. The van der Waals surface area contributed by atoms with Crippen molar-refractivity contribution in [3.63, 3.8) is 0 Å². The minimum atomic E-state index is -0.213. The van der Waals surface area contributed by atoms with E-state index in [2.05, 4.69) is 22.8 Å². The van der Waals surface area contributed by atoms with Crippen LogP contribution < -0.4 is 10.6 Å². The SMILES string of the molecule is O=C(NC1(c2ccccc2)CC1)C1Cc2cc(Cl)ccc2N1. The second kappa shape index (κ2) is 5.03. The van der Waals surface area contributed by atoms with Gasteiger partial charge >= 0.3 is 0 Å². The van der Waals surface area contributed by atoms with Gasteiger partial charge in [-0.15, -0.1) is 0 Å². The lowest BCUT2D eigenvalue weighted by atomic mass is 10.0. The van der Waals surface area contributed by atoms with E-state index >= 15 is 0 Å². The van der Waals surface area contributed by atoms with Crippen molar-refractivity contribution in [2.45, 2.75) is 30.8 Å². The molecule has 0 aromatic heterocycles. The first-order valence-electron chi connectivity index (χ1n) is 7.59. The van der Waals surface area contributed by atoms with Crippen LogP contribution in [0.2, 0.25) is 5.02 Å². The number of fused-ring (bicyclic) bond motifs is 1. The number of amides is 1. The van der Waals surface area contributed by atoms with Gasteiger partial charge in [0.15, 0.2) is 0 Å². The number of carbonyl (C=O) groups is 1. The summed E-state index contributed by atoms with van der Waals surface area (Å²) in [6.45, 7) is 0. The molecule has 1 aliphatic heterocycles. The van der Waals surface area contributed by atoms with Crippen molar-refractivity contribution in [1.82, 2.24) is 5.32 Å². The highest BCUT2D eigenvalue weighted by molar-refractivity contribution is 6.30. The molecule has 2 N–H and O–H groups in total. The number of anilines is 1. The van der Waals surface area contributed by atoms with Gasteiger partial charge in [0, 0.05) is 17.1 Å². The lowest BCUT2D eigenvalue weighted by Gasteiger charge is -2.21. The van der Waals surface area contributed by atoms with E-state index in [9.17, 15) is 4.79 Å². The molecular weight excluding hydrogens is 296 g/mol. The molecule has 3 nitrogen and oxygen atoms in total. The van der Waals surface area contributed by atoms with Gasteiger partial charge in [0.05, 0.1) is 5.54 Å². The lowest BCUT2D eigenvalue weighted by Crippen LogP contribution is -2.44. The maximum Gasteiger partial charge on any atom is 0.243 e. The quantitative estimate of drug-likeness (QED) is 0.911. The molecule has 1 atom stereocenters. The molecule has 1 fully saturated rings. The minimum absolute atomic E-state index is 0.0636. The number of benzene rings is 2. The van der Waals surface area contributed by atoms with Gasteiger partial charge in [0.1, 0.15) is 6.04 Å². The van der Waals surface area contributed by atoms with Gasteiger partial charge < -0.3 is 10.6 Å². The Bertz CT molecular complexity index is 725. The highest BCUT2D eigenvalue weighted by atomic mass is 35.5. The first-order chi connectivity index (χ1) is 10.7. The van der Waals surface area contributed by atoms with Crippen LogP contribution >= 0.6 is 11.6 Å². The monoisotopic (exact) mass is 312 g/mol. The Morgan fingerprint density at radius 1 is 1.18 bits per heavy atom. The van der Waals surface area contributed by atoms with Crippen molar-refractivity contribution in [3.05, 3.63) is 64.7 Å². The lowest BCUT2D eigenvalue weighted by molar-refractivity contribution is -0.122. The number of nitrogens with one attached hydrogen (secondary N) is 2. The summed E-state index contributed by atoms with van der Waals surface area (Å²) in [4.78, 5) is 12.6. The number of hydrogen-bond acceptors (Lipinski definition) is 2.